The third-order valence-electron chi connectivity index (χ3n) is 3.50. The van der Waals surface area contributed by atoms with Crippen LogP contribution in [0, 0.1) is 11.8 Å². The third kappa shape index (κ3) is 2.49. The van der Waals surface area contributed by atoms with E-state index in [-0.39, 0.29) is 12.1 Å². The van der Waals surface area contributed by atoms with E-state index in [1.54, 1.807) is 0 Å². The number of allylic oxidation sites excluding steroid dienone is 2. The highest BCUT2D eigenvalue weighted by molar-refractivity contribution is 5.81. The second-order valence-corrected chi connectivity index (χ2v) is 4.56. The number of rotatable bonds is 2. The topological polar surface area (TPSA) is 26.3 Å². The van der Waals surface area contributed by atoms with Crippen molar-refractivity contribution in [2.45, 2.75) is 38.2 Å². The van der Waals surface area contributed by atoms with E-state index in [1.807, 2.05) is 0 Å². The van der Waals surface area contributed by atoms with Crippen molar-refractivity contribution in [1.82, 2.24) is 0 Å². The normalized spacial score (nSPS) is 36.4. The van der Waals surface area contributed by atoms with Crippen molar-refractivity contribution in [2.24, 2.45) is 11.8 Å². The van der Waals surface area contributed by atoms with Crippen LogP contribution >= 0.6 is 0 Å². The van der Waals surface area contributed by atoms with Gasteiger partial charge in [-0.05, 0) is 43.9 Å². The molecule has 2 nitrogen and oxygen atoms in total. The highest BCUT2D eigenvalue weighted by Crippen LogP contribution is 2.39. The van der Waals surface area contributed by atoms with Gasteiger partial charge in [0.15, 0.2) is 0 Å². The van der Waals surface area contributed by atoms with Gasteiger partial charge in [0.1, 0.15) is 6.10 Å². The molecule has 2 heteroatoms. The Morgan fingerprint density at radius 2 is 2.27 bits per heavy atom. The summed E-state index contributed by atoms with van der Waals surface area (Å²) < 4.78 is 5.40. The van der Waals surface area contributed by atoms with Crippen LogP contribution in [0.5, 0.6) is 0 Å². The number of fused-ring (bicyclic) bond motifs is 2. The van der Waals surface area contributed by atoms with Crippen molar-refractivity contribution in [1.29, 1.82) is 0 Å². The lowest BCUT2D eigenvalue weighted by molar-refractivity contribution is -0.144. The van der Waals surface area contributed by atoms with Gasteiger partial charge in [0.05, 0.1) is 0 Å². The molecule has 15 heavy (non-hydrogen) atoms. The maximum Gasteiger partial charge on any atom is 0.330 e. The highest BCUT2D eigenvalue weighted by atomic mass is 16.5. The van der Waals surface area contributed by atoms with Crippen molar-refractivity contribution >= 4 is 5.97 Å². The van der Waals surface area contributed by atoms with Crippen LogP contribution in [0.25, 0.3) is 0 Å². The molecule has 0 aromatic rings. The smallest absolute Gasteiger partial charge is 0.330 e. The lowest BCUT2D eigenvalue weighted by Gasteiger charge is -2.18. The maximum absolute atomic E-state index is 11.2. The summed E-state index contributed by atoms with van der Waals surface area (Å²) in [6.07, 6.45) is 11.6. The molecule has 0 radical (unpaired) electrons. The molecule has 2 aliphatic carbocycles. The van der Waals surface area contributed by atoms with Crippen molar-refractivity contribution in [3.05, 3.63) is 24.8 Å². The molecule has 3 atom stereocenters. The van der Waals surface area contributed by atoms with Gasteiger partial charge in [-0.2, -0.15) is 0 Å². The summed E-state index contributed by atoms with van der Waals surface area (Å²) in [5.74, 6) is 1.02. The molecule has 0 aromatic carbocycles. The van der Waals surface area contributed by atoms with Gasteiger partial charge < -0.3 is 4.74 Å². The van der Waals surface area contributed by atoms with E-state index < -0.39 is 0 Å². The minimum absolute atomic E-state index is 0.139. The summed E-state index contributed by atoms with van der Waals surface area (Å²) >= 11 is 0. The molecule has 1 saturated carbocycles. The fraction of sp³-hybridized carbons (Fsp3) is 0.615. The molecule has 2 rings (SSSR count). The van der Waals surface area contributed by atoms with Crippen LogP contribution in [0.1, 0.15) is 32.1 Å². The average Bonchev–Trinajstić information content (AvgIpc) is 2.59. The number of esters is 1. The summed E-state index contributed by atoms with van der Waals surface area (Å²) in [5.41, 5.74) is 0. The molecule has 82 valence electrons. The van der Waals surface area contributed by atoms with E-state index >= 15 is 0 Å². The van der Waals surface area contributed by atoms with Crippen LogP contribution in [-0.2, 0) is 9.53 Å². The number of hydrogen-bond donors (Lipinski definition) is 0. The molecule has 0 aliphatic heterocycles. The monoisotopic (exact) mass is 206 g/mol. The number of ether oxygens (including phenoxy) is 1. The van der Waals surface area contributed by atoms with E-state index in [0.717, 1.165) is 25.7 Å². The first-order valence-corrected chi connectivity index (χ1v) is 5.77. The average molecular weight is 206 g/mol. The van der Waals surface area contributed by atoms with Gasteiger partial charge in [-0.15, -0.1) is 0 Å². The Morgan fingerprint density at radius 1 is 1.40 bits per heavy atom. The molecule has 0 heterocycles. The maximum atomic E-state index is 11.2. The van der Waals surface area contributed by atoms with Gasteiger partial charge in [-0.1, -0.05) is 18.7 Å². The van der Waals surface area contributed by atoms with Crippen molar-refractivity contribution < 1.29 is 9.53 Å². The van der Waals surface area contributed by atoms with E-state index in [9.17, 15) is 4.79 Å². The van der Waals surface area contributed by atoms with Crippen LogP contribution in [0.2, 0.25) is 0 Å². The van der Waals surface area contributed by atoms with Gasteiger partial charge in [-0.25, -0.2) is 4.79 Å². The zero-order valence-electron chi connectivity index (χ0n) is 9.02. The van der Waals surface area contributed by atoms with Crippen LogP contribution in [0.15, 0.2) is 24.8 Å². The predicted octanol–water partition coefficient (Wildman–Crippen LogP) is 2.85. The quantitative estimate of drug-likeness (QED) is 0.394. The first-order valence-electron chi connectivity index (χ1n) is 5.77. The molecule has 0 amide bonds. The zero-order chi connectivity index (χ0) is 10.7. The summed E-state index contributed by atoms with van der Waals surface area (Å²) in [7, 11) is 0. The van der Waals surface area contributed by atoms with Crippen LogP contribution in [-0.4, -0.2) is 12.1 Å². The summed E-state index contributed by atoms with van der Waals surface area (Å²) in [6, 6.07) is 0. The Kier molecular flexibility index (Phi) is 3.24. The Labute approximate surface area is 91.0 Å². The van der Waals surface area contributed by atoms with Gasteiger partial charge in [0.2, 0.25) is 0 Å². The molecule has 2 aliphatic rings. The van der Waals surface area contributed by atoms with Crippen LogP contribution in [0.4, 0.5) is 0 Å². The van der Waals surface area contributed by atoms with Crippen molar-refractivity contribution in [2.75, 3.05) is 0 Å². The van der Waals surface area contributed by atoms with Gasteiger partial charge >= 0.3 is 5.97 Å². The minimum atomic E-state index is -0.266. The largest absolute Gasteiger partial charge is 0.459 e. The molecule has 0 spiro atoms. The second-order valence-electron chi connectivity index (χ2n) is 4.56. The van der Waals surface area contributed by atoms with Crippen LogP contribution < -0.4 is 0 Å². The Balaban J connectivity index is 1.97. The van der Waals surface area contributed by atoms with E-state index in [0.29, 0.717) is 11.8 Å². The fourth-order valence-corrected chi connectivity index (χ4v) is 2.75. The summed E-state index contributed by atoms with van der Waals surface area (Å²) in [4.78, 5) is 11.2. The Hall–Kier alpha value is -1.05. The number of carbonyl (C=O) groups is 1. The Bertz CT molecular complexity index is 280. The van der Waals surface area contributed by atoms with Crippen molar-refractivity contribution in [3.63, 3.8) is 0 Å². The molecule has 0 N–H and O–H groups in total. The van der Waals surface area contributed by atoms with E-state index in [1.165, 1.54) is 12.5 Å². The highest BCUT2D eigenvalue weighted by Gasteiger charge is 2.35. The molecule has 2 bridgehead atoms. The fourth-order valence-electron chi connectivity index (χ4n) is 2.75. The zero-order valence-corrected chi connectivity index (χ0v) is 9.02. The molecular weight excluding hydrogens is 188 g/mol. The van der Waals surface area contributed by atoms with Gasteiger partial charge in [-0.3, -0.25) is 0 Å². The predicted molar refractivity (Wildman–Crippen MR) is 59.3 cm³/mol. The first-order chi connectivity index (χ1) is 7.29. The molecule has 1 unspecified atom stereocenters. The summed E-state index contributed by atoms with van der Waals surface area (Å²) in [5, 5.41) is 0. The number of hydrogen-bond acceptors (Lipinski definition) is 2. The number of carbonyl (C=O) groups excluding carboxylic acids is 1. The van der Waals surface area contributed by atoms with Gasteiger partial charge in [0, 0.05) is 6.08 Å². The first kappa shape index (κ1) is 10.5. The van der Waals surface area contributed by atoms with Crippen molar-refractivity contribution in [3.8, 4) is 0 Å². The molecule has 0 saturated heterocycles. The van der Waals surface area contributed by atoms with Crippen LogP contribution in [0.3, 0.4) is 0 Å². The second kappa shape index (κ2) is 4.65. The molecule has 0 aromatic heterocycles. The minimum Gasteiger partial charge on any atom is -0.459 e. The standard InChI is InChI=1S/C13H18O2/c1-2-13(14)15-12-9-10-6-4-3-5-7-11(12)8-10/h2-4,10-12H,1,5-9H2/b4-3-/t10-,11+,12?/m1/s1. The third-order valence-corrected chi connectivity index (χ3v) is 3.50. The van der Waals surface area contributed by atoms with Gasteiger partial charge in [0.25, 0.3) is 0 Å². The lowest BCUT2D eigenvalue weighted by atomic mass is 9.95. The van der Waals surface area contributed by atoms with E-state index in [2.05, 4.69) is 18.7 Å². The molecule has 1 fully saturated rings. The summed E-state index contributed by atoms with van der Waals surface area (Å²) in [6.45, 7) is 3.44. The molecular formula is C13H18O2. The Morgan fingerprint density at radius 3 is 3.07 bits per heavy atom. The van der Waals surface area contributed by atoms with E-state index in [4.69, 9.17) is 4.74 Å². The SMILES string of the molecule is C=CC(=O)OC1C[C@@H]2C/C=C\CC[C@H]1C2. The lowest BCUT2D eigenvalue weighted by Crippen LogP contribution is -2.21.